The van der Waals surface area contributed by atoms with E-state index in [0.29, 0.717) is 27.6 Å². The highest BCUT2D eigenvalue weighted by Crippen LogP contribution is 2.32. The number of pyridine rings is 1. The normalized spacial score (nSPS) is 11.1. The van der Waals surface area contributed by atoms with Gasteiger partial charge in [0.05, 0.1) is 5.52 Å². The predicted molar refractivity (Wildman–Crippen MR) is 92.5 cm³/mol. The summed E-state index contributed by atoms with van der Waals surface area (Å²) in [5.74, 6) is 0.416. The van der Waals surface area contributed by atoms with Crippen LogP contribution in [0.4, 0.5) is 4.39 Å². The fourth-order valence-electron chi connectivity index (χ4n) is 2.53. The van der Waals surface area contributed by atoms with Crippen molar-refractivity contribution in [2.45, 2.75) is 23.7 Å². The van der Waals surface area contributed by atoms with Crippen LogP contribution in [0.15, 0.2) is 59.2 Å². The van der Waals surface area contributed by atoms with Crippen LogP contribution in [0.5, 0.6) is 0 Å². The molecule has 4 rings (SSSR count). The van der Waals surface area contributed by atoms with Gasteiger partial charge in [-0.1, -0.05) is 0 Å². The number of aromatic nitrogens is 6. The lowest BCUT2D eigenvalue weighted by Gasteiger charge is -2.08. The quantitative estimate of drug-likeness (QED) is 0.523. The fraction of sp³-hybridized carbons (Fsp3) is 0.118. The van der Waals surface area contributed by atoms with Crippen LogP contribution >= 0.6 is 11.8 Å². The second-order valence-corrected chi connectivity index (χ2v) is 6.19. The summed E-state index contributed by atoms with van der Waals surface area (Å²) in [7, 11) is 0. The van der Waals surface area contributed by atoms with Gasteiger partial charge in [0.15, 0.2) is 11.0 Å². The van der Waals surface area contributed by atoms with Crippen molar-refractivity contribution in [3.05, 3.63) is 54.9 Å². The Kier molecular flexibility index (Phi) is 4.10. The summed E-state index contributed by atoms with van der Waals surface area (Å²) in [5, 5.41) is 10.5. The zero-order valence-corrected chi connectivity index (χ0v) is 14.1. The van der Waals surface area contributed by atoms with Gasteiger partial charge in [-0.25, -0.2) is 14.4 Å². The average Bonchev–Trinajstić information content (AvgIpc) is 3.05. The molecule has 25 heavy (non-hydrogen) atoms. The highest BCUT2D eigenvalue weighted by molar-refractivity contribution is 7.99. The molecule has 0 saturated heterocycles. The molecule has 3 heterocycles. The van der Waals surface area contributed by atoms with E-state index in [1.54, 1.807) is 18.5 Å². The zero-order chi connectivity index (χ0) is 17.2. The molecule has 0 unspecified atom stereocenters. The lowest BCUT2D eigenvalue weighted by molar-refractivity contribution is 0.629. The number of hydrogen-bond donors (Lipinski definition) is 0. The second kappa shape index (κ2) is 6.56. The highest BCUT2D eigenvalue weighted by atomic mass is 32.2. The Morgan fingerprint density at radius 2 is 2.08 bits per heavy atom. The van der Waals surface area contributed by atoms with Gasteiger partial charge in [-0.15, -0.1) is 10.2 Å². The van der Waals surface area contributed by atoms with Gasteiger partial charge in [0.25, 0.3) is 0 Å². The summed E-state index contributed by atoms with van der Waals surface area (Å²) in [5.41, 5.74) is 1.58. The Morgan fingerprint density at radius 1 is 1.16 bits per heavy atom. The van der Waals surface area contributed by atoms with Crippen LogP contribution in [0.2, 0.25) is 0 Å². The first-order chi connectivity index (χ1) is 12.3. The SMILES string of the molecule is CCn1c(Sc2ncnc3ccc(F)cc23)nnc1-c1cccnc1. The van der Waals surface area contributed by atoms with Crippen LogP contribution < -0.4 is 0 Å². The predicted octanol–water partition coefficient (Wildman–Crippen LogP) is 3.59. The number of halogens is 1. The van der Waals surface area contributed by atoms with Crippen LogP contribution in [0.3, 0.4) is 0 Å². The van der Waals surface area contributed by atoms with Gasteiger partial charge in [-0.3, -0.25) is 4.98 Å². The first-order valence-electron chi connectivity index (χ1n) is 7.68. The minimum Gasteiger partial charge on any atom is -0.302 e. The van der Waals surface area contributed by atoms with E-state index in [9.17, 15) is 4.39 Å². The molecule has 3 aromatic heterocycles. The monoisotopic (exact) mass is 352 g/mol. The smallest absolute Gasteiger partial charge is 0.197 e. The van der Waals surface area contributed by atoms with Gasteiger partial charge in [0.1, 0.15) is 17.2 Å². The fourth-order valence-corrected chi connectivity index (χ4v) is 3.48. The minimum atomic E-state index is -0.322. The van der Waals surface area contributed by atoms with Crippen LogP contribution in [0.25, 0.3) is 22.3 Å². The van der Waals surface area contributed by atoms with Crippen molar-refractivity contribution in [3.63, 3.8) is 0 Å². The van der Waals surface area contributed by atoms with E-state index < -0.39 is 0 Å². The van der Waals surface area contributed by atoms with E-state index in [1.807, 2.05) is 23.6 Å². The molecule has 0 radical (unpaired) electrons. The van der Waals surface area contributed by atoms with E-state index in [0.717, 1.165) is 11.4 Å². The van der Waals surface area contributed by atoms with E-state index in [-0.39, 0.29) is 5.82 Å². The molecular formula is C17H13FN6S. The van der Waals surface area contributed by atoms with Crippen molar-refractivity contribution < 1.29 is 4.39 Å². The molecule has 0 fully saturated rings. The summed E-state index contributed by atoms with van der Waals surface area (Å²) < 4.78 is 15.6. The molecule has 0 N–H and O–H groups in total. The number of fused-ring (bicyclic) bond motifs is 1. The number of rotatable bonds is 4. The first-order valence-corrected chi connectivity index (χ1v) is 8.49. The molecule has 0 aliphatic carbocycles. The number of nitrogens with zero attached hydrogens (tertiary/aromatic N) is 6. The van der Waals surface area contributed by atoms with Gasteiger partial charge in [0, 0.05) is 29.9 Å². The molecule has 1 aromatic carbocycles. The molecule has 8 heteroatoms. The van der Waals surface area contributed by atoms with Crippen molar-refractivity contribution in [1.82, 2.24) is 29.7 Å². The molecule has 0 amide bonds. The number of hydrogen-bond acceptors (Lipinski definition) is 6. The molecule has 0 saturated carbocycles. The van der Waals surface area contributed by atoms with Gasteiger partial charge < -0.3 is 4.57 Å². The topological polar surface area (TPSA) is 69.4 Å². The Hall–Kier alpha value is -2.87. The van der Waals surface area contributed by atoms with E-state index >= 15 is 0 Å². The van der Waals surface area contributed by atoms with E-state index in [1.165, 1.54) is 30.2 Å². The molecule has 4 aromatic rings. The molecule has 6 nitrogen and oxygen atoms in total. The van der Waals surface area contributed by atoms with Crippen molar-refractivity contribution in [2.75, 3.05) is 0 Å². The van der Waals surface area contributed by atoms with Crippen LogP contribution in [0.1, 0.15) is 6.92 Å². The maximum atomic E-state index is 13.6. The maximum Gasteiger partial charge on any atom is 0.197 e. The van der Waals surface area contributed by atoms with E-state index in [4.69, 9.17) is 0 Å². The lowest BCUT2D eigenvalue weighted by Crippen LogP contribution is -2.00. The van der Waals surface area contributed by atoms with Gasteiger partial charge >= 0.3 is 0 Å². The highest BCUT2D eigenvalue weighted by Gasteiger charge is 2.16. The molecule has 0 atom stereocenters. The van der Waals surface area contributed by atoms with Crippen molar-refractivity contribution in [3.8, 4) is 11.4 Å². The zero-order valence-electron chi connectivity index (χ0n) is 13.3. The average molecular weight is 352 g/mol. The van der Waals surface area contributed by atoms with Gasteiger partial charge in [-0.05, 0) is 49.0 Å². The number of benzene rings is 1. The van der Waals surface area contributed by atoms with Crippen LogP contribution in [-0.4, -0.2) is 29.7 Å². The molecule has 0 aliphatic heterocycles. The van der Waals surface area contributed by atoms with Crippen LogP contribution in [-0.2, 0) is 6.54 Å². The Balaban J connectivity index is 1.77. The van der Waals surface area contributed by atoms with Crippen molar-refractivity contribution in [1.29, 1.82) is 0 Å². The van der Waals surface area contributed by atoms with Crippen molar-refractivity contribution >= 4 is 22.7 Å². The van der Waals surface area contributed by atoms with Gasteiger partial charge in [-0.2, -0.15) is 0 Å². The minimum absolute atomic E-state index is 0.322. The molecule has 124 valence electrons. The van der Waals surface area contributed by atoms with Crippen LogP contribution in [0, 0.1) is 5.82 Å². The molecule has 0 aliphatic rings. The Bertz CT molecular complexity index is 1030. The molecular weight excluding hydrogens is 339 g/mol. The van der Waals surface area contributed by atoms with E-state index in [2.05, 4.69) is 25.1 Å². The Morgan fingerprint density at radius 3 is 2.88 bits per heavy atom. The summed E-state index contributed by atoms with van der Waals surface area (Å²) in [4.78, 5) is 12.6. The molecule has 0 bridgehead atoms. The lowest BCUT2D eigenvalue weighted by atomic mass is 10.2. The summed E-state index contributed by atoms with van der Waals surface area (Å²) in [6.07, 6.45) is 4.94. The molecule has 0 spiro atoms. The standard InChI is InChI=1S/C17H13FN6S/c1-2-24-15(11-4-3-7-19-9-11)22-23-17(24)25-16-13-8-12(18)5-6-14(13)20-10-21-16/h3-10H,2H2,1H3. The third-order valence-corrected chi connectivity index (χ3v) is 4.70. The summed E-state index contributed by atoms with van der Waals surface area (Å²) in [6, 6.07) is 8.26. The third-order valence-electron chi connectivity index (χ3n) is 3.70. The maximum absolute atomic E-state index is 13.6. The summed E-state index contributed by atoms with van der Waals surface area (Å²) >= 11 is 1.34. The summed E-state index contributed by atoms with van der Waals surface area (Å²) in [6.45, 7) is 2.71. The Labute approximate surface area is 147 Å². The van der Waals surface area contributed by atoms with Crippen molar-refractivity contribution in [2.24, 2.45) is 0 Å². The second-order valence-electron chi connectivity index (χ2n) is 5.23. The van der Waals surface area contributed by atoms with Gasteiger partial charge in [0.2, 0.25) is 0 Å². The largest absolute Gasteiger partial charge is 0.302 e. The third kappa shape index (κ3) is 2.96. The first kappa shape index (κ1) is 15.6.